The minimum Gasteiger partial charge on any atom is -0.467 e. The summed E-state index contributed by atoms with van der Waals surface area (Å²) < 4.78 is 7.91. The van der Waals surface area contributed by atoms with Crippen LogP contribution in [-0.2, 0) is 6.54 Å². The van der Waals surface area contributed by atoms with Gasteiger partial charge < -0.3 is 19.2 Å². The van der Waals surface area contributed by atoms with Gasteiger partial charge in [0.15, 0.2) is 5.11 Å². The van der Waals surface area contributed by atoms with Gasteiger partial charge in [-0.05, 0) is 71.5 Å². The molecular weight excluding hydrogens is 428 g/mol. The standard InChI is InChI=1S/C27H22N4OS/c33-27-29-25(23-10-3-4-14-28-23)26(31(27)18-22-9-6-16-32-22)24-11-5-15-30(24)21-13-12-19-7-1-2-8-20(19)17-21/h1-17,25-26H,18H2,(H,29,33)/t25-,26+/m0/s1. The molecule has 1 fully saturated rings. The van der Waals surface area contributed by atoms with E-state index >= 15 is 0 Å². The van der Waals surface area contributed by atoms with Crippen LogP contribution in [0.25, 0.3) is 16.5 Å². The lowest BCUT2D eigenvalue weighted by atomic mass is 10.0. The van der Waals surface area contributed by atoms with E-state index in [4.69, 9.17) is 16.6 Å². The maximum absolute atomic E-state index is 5.80. The number of hydrogen-bond donors (Lipinski definition) is 1. The van der Waals surface area contributed by atoms with Crippen LogP contribution in [0, 0.1) is 0 Å². The molecule has 0 bridgehead atoms. The molecule has 0 saturated carbocycles. The molecule has 0 aliphatic carbocycles. The number of rotatable bonds is 5. The fraction of sp³-hybridized carbons (Fsp3) is 0.111. The first-order chi connectivity index (χ1) is 16.3. The van der Waals surface area contributed by atoms with Gasteiger partial charge in [-0.1, -0.05) is 36.4 Å². The minimum atomic E-state index is -0.0808. The van der Waals surface area contributed by atoms with E-state index in [-0.39, 0.29) is 12.1 Å². The predicted octanol–water partition coefficient (Wildman–Crippen LogP) is 5.79. The van der Waals surface area contributed by atoms with E-state index in [0.717, 1.165) is 22.8 Å². The lowest BCUT2D eigenvalue weighted by molar-refractivity contribution is 0.280. The largest absolute Gasteiger partial charge is 0.467 e. The first-order valence-corrected chi connectivity index (χ1v) is 11.4. The first kappa shape index (κ1) is 19.8. The molecule has 0 amide bonds. The molecule has 0 spiro atoms. The molecular formula is C27H22N4OS. The lowest BCUT2D eigenvalue weighted by Crippen LogP contribution is -2.29. The summed E-state index contributed by atoms with van der Waals surface area (Å²) in [4.78, 5) is 6.84. The average Bonchev–Trinajstić information content (AvgIpc) is 3.61. The number of aromatic nitrogens is 2. The molecule has 3 aromatic heterocycles. The molecule has 2 atom stereocenters. The van der Waals surface area contributed by atoms with E-state index in [1.165, 1.54) is 10.8 Å². The van der Waals surface area contributed by atoms with Gasteiger partial charge in [0.25, 0.3) is 0 Å². The Kier molecular flexibility index (Phi) is 4.92. The molecule has 33 heavy (non-hydrogen) atoms. The third kappa shape index (κ3) is 3.58. The number of pyridine rings is 1. The normalized spacial score (nSPS) is 18.1. The average molecular weight is 451 g/mol. The Morgan fingerprint density at radius 2 is 1.79 bits per heavy atom. The number of nitrogens with zero attached hydrogens (tertiary/aromatic N) is 3. The van der Waals surface area contributed by atoms with Crippen molar-refractivity contribution in [2.45, 2.75) is 18.6 Å². The topological polar surface area (TPSA) is 46.2 Å². The monoisotopic (exact) mass is 450 g/mol. The third-order valence-corrected chi connectivity index (χ3v) is 6.55. The van der Waals surface area contributed by atoms with Gasteiger partial charge in [0.2, 0.25) is 0 Å². The van der Waals surface area contributed by atoms with Crippen molar-refractivity contribution in [2.24, 2.45) is 0 Å². The lowest BCUT2D eigenvalue weighted by Gasteiger charge is -2.28. The Bertz CT molecular complexity index is 1410. The quantitative estimate of drug-likeness (QED) is 0.343. The van der Waals surface area contributed by atoms with Crippen LogP contribution in [0.15, 0.2) is 108 Å². The highest BCUT2D eigenvalue weighted by Crippen LogP contribution is 2.40. The fourth-order valence-corrected chi connectivity index (χ4v) is 4.97. The number of benzene rings is 2. The molecule has 1 aliphatic rings. The second-order valence-corrected chi connectivity index (χ2v) is 8.56. The summed E-state index contributed by atoms with van der Waals surface area (Å²) in [5.41, 5.74) is 3.21. The molecule has 5 aromatic rings. The maximum Gasteiger partial charge on any atom is 0.170 e. The predicted molar refractivity (Wildman–Crippen MR) is 133 cm³/mol. The molecule has 4 heterocycles. The van der Waals surface area contributed by atoms with E-state index in [2.05, 4.69) is 80.6 Å². The van der Waals surface area contributed by atoms with Crippen molar-refractivity contribution >= 4 is 28.1 Å². The molecule has 6 heteroatoms. The van der Waals surface area contributed by atoms with Gasteiger partial charge >= 0.3 is 0 Å². The van der Waals surface area contributed by atoms with Gasteiger partial charge in [0, 0.05) is 23.8 Å². The van der Waals surface area contributed by atoms with E-state index < -0.39 is 0 Å². The number of hydrogen-bond acceptors (Lipinski definition) is 3. The molecule has 0 radical (unpaired) electrons. The van der Waals surface area contributed by atoms with E-state index in [0.29, 0.717) is 11.7 Å². The van der Waals surface area contributed by atoms with Crippen LogP contribution in [0.2, 0.25) is 0 Å². The Balaban J connectivity index is 1.46. The van der Waals surface area contributed by atoms with E-state index in [1.54, 1.807) is 6.26 Å². The molecule has 1 saturated heterocycles. The van der Waals surface area contributed by atoms with Crippen LogP contribution in [0.4, 0.5) is 0 Å². The van der Waals surface area contributed by atoms with E-state index in [1.807, 2.05) is 36.5 Å². The Morgan fingerprint density at radius 1 is 0.909 bits per heavy atom. The highest BCUT2D eigenvalue weighted by Gasteiger charge is 2.41. The Morgan fingerprint density at radius 3 is 2.61 bits per heavy atom. The summed E-state index contributed by atoms with van der Waals surface area (Å²) in [7, 11) is 0. The van der Waals surface area contributed by atoms with Crippen LogP contribution in [-0.4, -0.2) is 19.6 Å². The zero-order chi connectivity index (χ0) is 22.2. The van der Waals surface area contributed by atoms with Gasteiger partial charge in [0.05, 0.1) is 30.6 Å². The highest BCUT2D eigenvalue weighted by molar-refractivity contribution is 7.80. The second kappa shape index (κ2) is 8.22. The zero-order valence-electron chi connectivity index (χ0n) is 17.8. The SMILES string of the molecule is S=C1N[C@@H](c2ccccn2)[C@@H](c2cccn2-c2ccc3ccccc3c2)N1Cc1ccco1. The molecule has 0 unspecified atom stereocenters. The van der Waals surface area contributed by atoms with E-state index in [9.17, 15) is 0 Å². The first-order valence-electron chi connectivity index (χ1n) is 10.9. The third-order valence-electron chi connectivity index (χ3n) is 6.20. The van der Waals surface area contributed by atoms with Crippen LogP contribution in [0.5, 0.6) is 0 Å². The number of nitrogens with one attached hydrogen (secondary N) is 1. The van der Waals surface area contributed by atoms with Crippen molar-refractivity contribution in [1.82, 2.24) is 19.8 Å². The number of fused-ring (bicyclic) bond motifs is 1. The Labute approximate surface area is 197 Å². The summed E-state index contributed by atoms with van der Waals surface area (Å²) in [5, 5.41) is 6.65. The summed E-state index contributed by atoms with van der Waals surface area (Å²) in [6.45, 7) is 0.579. The second-order valence-electron chi connectivity index (χ2n) is 8.17. The van der Waals surface area contributed by atoms with Crippen LogP contribution in [0.1, 0.15) is 29.2 Å². The maximum atomic E-state index is 5.80. The minimum absolute atomic E-state index is 0.0565. The van der Waals surface area contributed by atoms with Crippen LogP contribution < -0.4 is 5.32 Å². The molecule has 162 valence electrons. The van der Waals surface area contributed by atoms with Gasteiger partial charge in [-0.15, -0.1) is 0 Å². The van der Waals surface area contributed by atoms with Crippen molar-refractivity contribution in [2.75, 3.05) is 0 Å². The summed E-state index contributed by atoms with van der Waals surface area (Å²) >= 11 is 5.80. The summed E-state index contributed by atoms with van der Waals surface area (Å²) in [6, 6.07) is 29.0. The molecule has 5 nitrogen and oxygen atoms in total. The highest BCUT2D eigenvalue weighted by atomic mass is 32.1. The van der Waals surface area contributed by atoms with Crippen LogP contribution >= 0.6 is 12.2 Å². The molecule has 6 rings (SSSR count). The van der Waals surface area contributed by atoms with Crippen molar-refractivity contribution in [1.29, 1.82) is 0 Å². The summed E-state index contributed by atoms with van der Waals surface area (Å²) in [5.74, 6) is 0.870. The molecule has 1 aliphatic heterocycles. The van der Waals surface area contributed by atoms with Gasteiger partial charge in [-0.2, -0.15) is 0 Å². The fourth-order valence-electron chi connectivity index (χ4n) is 4.66. The summed E-state index contributed by atoms with van der Waals surface area (Å²) in [6.07, 6.45) is 5.64. The zero-order valence-corrected chi connectivity index (χ0v) is 18.7. The van der Waals surface area contributed by atoms with Crippen molar-refractivity contribution in [3.63, 3.8) is 0 Å². The number of furan rings is 1. The number of thiocarbonyl (C=S) groups is 1. The van der Waals surface area contributed by atoms with Gasteiger partial charge in [-0.25, -0.2) is 0 Å². The molecule has 2 aromatic carbocycles. The van der Waals surface area contributed by atoms with Crippen LogP contribution in [0.3, 0.4) is 0 Å². The van der Waals surface area contributed by atoms with Crippen molar-refractivity contribution in [3.8, 4) is 5.69 Å². The van der Waals surface area contributed by atoms with Gasteiger partial charge in [-0.3, -0.25) is 4.98 Å². The van der Waals surface area contributed by atoms with Crippen molar-refractivity contribution < 1.29 is 4.42 Å². The van der Waals surface area contributed by atoms with Gasteiger partial charge in [0.1, 0.15) is 5.76 Å². The Hall–Kier alpha value is -3.90. The van der Waals surface area contributed by atoms with Crippen molar-refractivity contribution in [3.05, 3.63) is 121 Å². The smallest absolute Gasteiger partial charge is 0.170 e. The molecule has 1 N–H and O–H groups in total.